The van der Waals surface area contributed by atoms with Crippen molar-refractivity contribution < 1.29 is 4.79 Å². The molecule has 4 nitrogen and oxygen atoms in total. The van der Waals surface area contributed by atoms with Crippen LogP contribution in [0.3, 0.4) is 0 Å². The number of rotatable bonds is 6. The topological polar surface area (TPSA) is 67.2 Å². The first kappa shape index (κ1) is 16.9. The van der Waals surface area contributed by atoms with Gasteiger partial charge in [0.05, 0.1) is 0 Å². The first-order valence-corrected chi connectivity index (χ1v) is 9.92. The van der Waals surface area contributed by atoms with Gasteiger partial charge in [-0.15, -0.1) is 0 Å². The predicted octanol–water partition coefficient (Wildman–Crippen LogP) is 3.26. The summed E-state index contributed by atoms with van der Waals surface area (Å²) in [6.07, 6.45) is 9.59. The highest BCUT2D eigenvalue weighted by Gasteiger charge is 2.50. The molecule has 0 radical (unpaired) electrons. The Kier molecular flexibility index (Phi) is 4.48. The van der Waals surface area contributed by atoms with Gasteiger partial charge in [0.15, 0.2) is 0 Å². The van der Waals surface area contributed by atoms with Crippen LogP contribution >= 0.6 is 0 Å². The van der Waals surface area contributed by atoms with Crippen molar-refractivity contribution >= 4 is 11.6 Å². The zero-order valence-electron chi connectivity index (χ0n) is 15.3. The maximum Gasteiger partial charge on any atom is 0.251 e. The van der Waals surface area contributed by atoms with Crippen LogP contribution in [0.5, 0.6) is 0 Å². The summed E-state index contributed by atoms with van der Waals surface area (Å²) < 4.78 is 0. The smallest absolute Gasteiger partial charge is 0.251 e. The Morgan fingerprint density at radius 1 is 1.12 bits per heavy atom. The van der Waals surface area contributed by atoms with Crippen LogP contribution in [0.4, 0.5) is 5.69 Å². The molecular weight excluding hydrogens is 310 g/mol. The largest absolute Gasteiger partial charge is 0.399 e. The third-order valence-electron chi connectivity index (χ3n) is 6.71. The normalized spacial score (nSPS) is 32.8. The third kappa shape index (κ3) is 3.55. The van der Waals surface area contributed by atoms with Gasteiger partial charge < -0.3 is 16.4 Å². The Hall–Kier alpha value is -1.55. The molecule has 0 spiro atoms. The fourth-order valence-corrected chi connectivity index (χ4v) is 5.89. The number of carbonyl (C=O) groups is 1. The number of hydrogen-bond donors (Lipinski definition) is 3. The zero-order chi connectivity index (χ0) is 17.4. The van der Waals surface area contributed by atoms with Crippen molar-refractivity contribution in [2.45, 2.75) is 57.4 Å². The van der Waals surface area contributed by atoms with Crippen LogP contribution in [0.2, 0.25) is 0 Å². The van der Waals surface area contributed by atoms with E-state index in [1.54, 1.807) is 12.1 Å². The molecule has 4 fully saturated rings. The lowest BCUT2D eigenvalue weighted by Crippen LogP contribution is -2.58. The molecule has 4 heteroatoms. The SMILES string of the molecule is Cc1cc(C(=O)NCCCNC23CC4CC(CC(C4)C2)C3)ccc1N. The standard InChI is InChI=1S/C21H31N3O/c1-14-7-18(3-4-19(14)22)20(25)23-5-2-6-24-21-11-15-8-16(12-21)10-17(9-15)13-21/h3-4,7,15-17,24H,2,5-6,8-13,22H2,1H3,(H,23,25). The van der Waals surface area contributed by atoms with Gasteiger partial charge in [0.25, 0.3) is 5.91 Å². The van der Waals surface area contributed by atoms with Gasteiger partial charge in [0, 0.05) is 23.3 Å². The zero-order valence-corrected chi connectivity index (χ0v) is 15.3. The molecule has 4 aliphatic rings. The Labute approximate surface area is 150 Å². The first-order valence-electron chi connectivity index (χ1n) is 9.92. The van der Waals surface area contributed by atoms with Gasteiger partial charge >= 0.3 is 0 Å². The van der Waals surface area contributed by atoms with Crippen molar-refractivity contribution in [2.24, 2.45) is 17.8 Å². The summed E-state index contributed by atoms with van der Waals surface area (Å²) in [7, 11) is 0. The second-order valence-corrected chi connectivity index (χ2v) is 8.81. The monoisotopic (exact) mass is 341 g/mol. The van der Waals surface area contributed by atoms with Gasteiger partial charge in [0.2, 0.25) is 0 Å². The minimum Gasteiger partial charge on any atom is -0.399 e. The van der Waals surface area contributed by atoms with Crippen molar-refractivity contribution in [1.29, 1.82) is 0 Å². The molecule has 25 heavy (non-hydrogen) atoms. The summed E-state index contributed by atoms with van der Waals surface area (Å²) in [6, 6.07) is 5.46. The molecule has 0 aromatic heterocycles. The number of nitrogens with one attached hydrogen (secondary N) is 2. The summed E-state index contributed by atoms with van der Waals surface area (Å²) in [6.45, 7) is 3.66. The second kappa shape index (κ2) is 6.64. The van der Waals surface area contributed by atoms with E-state index in [1.165, 1.54) is 38.5 Å². The van der Waals surface area contributed by atoms with E-state index in [9.17, 15) is 4.79 Å². The van der Waals surface area contributed by atoms with Crippen LogP contribution < -0.4 is 16.4 Å². The highest BCUT2D eigenvalue weighted by atomic mass is 16.1. The van der Waals surface area contributed by atoms with Crippen LogP contribution in [0.1, 0.15) is 60.9 Å². The van der Waals surface area contributed by atoms with E-state index in [2.05, 4.69) is 10.6 Å². The summed E-state index contributed by atoms with van der Waals surface area (Å²) in [5.41, 5.74) is 8.62. The Bertz CT molecular complexity index is 619. The summed E-state index contributed by atoms with van der Waals surface area (Å²) in [4.78, 5) is 12.2. The van der Waals surface area contributed by atoms with Crippen LogP contribution in [0.15, 0.2) is 18.2 Å². The van der Waals surface area contributed by atoms with Crippen LogP contribution in [0.25, 0.3) is 0 Å². The molecule has 0 heterocycles. The second-order valence-electron chi connectivity index (χ2n) is 8.81. The molecule has 5 rings (SSSR count). The summed E-state index contributed by atoms with van der Waals surface area (Å²) in [5.74, 6) is 2.93. The van der Waals surface area contributed by atoms with Gasteiger partial charge in [-0.1, -0.05) is 0 Å². The van der Waals surface area contributed by atoms with E-state index < -0.39 is 0 Å². The fourth-order valence-electron chi connectivity index (χ4n) is 5.89. The van der Waals surface area contributed by atoms with E-state index in [4.69, 9.17) is 5.73 Å². The molecule has 0 atom stereocenters. The average Bonchev–Trinajstić information content (AvgIpc) is 2.55. The number of aryl methyl sites for hydroxylation is 1. The number of benzene rings is 1. The highest BCUT2D eigenvalue weighted by Crippen LogP contribution is 2.55. The summed E-state index contributed by atoms with van der Waals surface area (Å²) in [5, 5.41) is 6.92. The number of nitrogens with two attached hydrogens (primary N) is 1. The maximum atomic E-state index is 12.2. The third-order valence-corrected chi connectivity index (χ3v) is 6.71. The number of carbonyl (C=O) groups excluding carboxylic acids is 1. The molecule has 1 aromatic rings. The molecular formula is C21H31N3O. The van der Waals surface area contributed by atoms with Crippen LogP contribution in [-0.2, 0) is 0 Å². The minimum atomic E-state index is -0.00194. The lowest BCUT2D eigenvalue weighted by Gasteiger charge is -2.57. The Morgan fingerprint density at radius 3 is 2.36 bits per heavy atom. The van der Waals surface area contributed by atoms with Crippen molar-refractivity contribution in [3.63, 3.8) is 0 Å². The summed E-state index contributed by atoms with van der Waals surface area (Å²) >= 11 is 0. The molecule has 1 aromatic carbocycles. The number of amides is 1. The Morgan fingerprint density at radius 2 is 1.76 bits per heavy atom. The van der Waals surface area contributed by atoms with E-state index in [-0.39, 0.29) is 5.91 Å². The van der Waals surface area contributed by atoms with E-state index in [1.807, 2.05) is 13.0 Å². The van der Waals surface area contributed by atoms with E-state index >= 15 is 0 Å². The van der Waals surface area contributed by atoms with E-state index in [0.29, 0.717) is 11.1 Å². The van der Waals surface area contributed by atoms with E-state index in [0.717, 1.165) is 48.5 Å². The highest BCUT2D eigenvalue weighted by molar-refractivity contribution is 5.94. The van der Waals surface area contributed by atoms with Crippen molar-refractivity contribution in [1.82, 2.24) is 10.6 Å². The van der Waals surface area contributed by atoms with Gasteiger partial charge in [-0.25, -0.2) is 0 Å². The molecule has 4 bridgehead atoms. The minimum absolute atomic E-state index is 0.00194. The molecule has 136 valence electrons. The molecule has 4 saturated carbocycles. The van der Waals surface area contributed by atoms with Gasteiger partial charge in [-0.05, 0) is 99.9 Å². The lowest BCUT2D eigenvalue weighted by atomic mass is 9.53. The fraction of sp³-hybridized carbons (Fsp3) is 0.667. The van der Waals surface area contributed by atoms with Gasteiger partial charge in [0.1, 0.15) is 0 Å². The van der Waals surface area contributed by atoms with Gasteiger partial charge in [-0.3, -0.25) is 4.79 Å². The first-order chi connectivity index (χ1) is 12.0. The number of hydrogen-bond acceptors (Lipinski definition) is 3. The van der Waals surface area contributed by atoms with Crippen LogP contribution in [-0.4, -0.2) is 24.5 Å². The van der Waals surface area contributed by atoms with Crippen molar-refractivity contribution in [3.05, 3.63) is 29.3 Å². The van der Waals surface area contributed by atoms with Gasteiger partial charge in [-0.2, -0.15) is 0 Å². The molecule has 1 amide bonds. The number of anilines is 1. The Balaban J connectivity index is 1.21. The lowest BCUT2D eigenvalue weighted by molar-refractivity contribution is -0.0195. The van der Waals surface area contributed by atoms with Crippen molar-refractivity contribution in [3.8, 4) is 0 Å². The quantitative estimate of drug-likeness (QED) is 0.549. The van der Waals surface area contributed by atoms with Crippen LogP contribution in [0, 0.1) is 24.7 Å². The molecule has 4 N–H and O–H groups in total. The average molecular weight is 341 g/mol. The molecule has 0 aliphatic heterocycles. The molecule has 0 saturated heterocycles. The number of nitrogen functional groups attached to an aromatic ring is 1. The van der Waals surface area contributed by atoms with Crippen molar-refractivity contribution in [2.75, 3.05) is 18.8 Å². The molecule has 4 aliphatic carbocycles. The predicted molar refractivity (Wildman–Crippen MR) is 101 cm³/mol. The molecule has 0 unspecified atom stereocenters. The maximum absolute atomic E-state index is 12.2.